The summed E-state index contributed by atoms with van der Waals surface area (Å²) in [7, 11) is 0. The van der Waals surface area contributed by atoms with Gasteiger partial charge >= 0.3 is 5.97 Å². The van der Waals surface area contributed by atoms with E-state index in [1.807, 2.05) is 4.90 Å². The molecule has 8 nitrogen and oxygen atoms in total. The molecular weight excluding hydrogens is 284 g/mol. The van der Waals surface area contributed by atoms with E-state index in [2.05, 4.69) is 10.1 Å². The molecule has 0 aliphatic carbocycles. The summed E-state index contributed by atoms with van der Waals surface area (Å²) in [4.78, 5) is 29.5. The van der Waals surface area contributed by atoms with E-state index in [0.717, 1.165) is 0 Å². The van der Waals surface area contributed by atoms with Crippen LogP contribution in [0.4, 0.5) is 0 Å². The Hall–Kier alpha value is -1.84. The molecule has 1 aliphatic heterocycles. The Labute approximate surface area is 117 Å². The average Bonchev–Trinajstić information content (AvgIpc) is 2.88. The van der Waals surface area contributed by atoms with Crippen LogP contribution in [0, 0.1) is 0 Å². The topological polar surface area (TPSA) is 97.0 Å². The Morgan fingerprint density at radius 2 is 2.45 bits per heavy atom. The maximum atomic E-state index is 11.8. The van der Waals surface area contributed by atoms with Crippen LogP contribution in [-0.2, 0) is 16.1 Å². The van der Waals surface area contributed by atoms with Gasteiger partial charge in [0.05, 0.1) is 12.3 Å². The number of ether oxygens (including phenoxy) is 1. The van der Waals surface area contributed by atoms with Gasteiger partial charge in [-0.15, -0.1) is 0 Å². The Morgan fingerprint density at radius 3 is 3.25 bits per heavy atom. The minimum Gasteiger partial charge on any atom is -0.479 e. The van der Waals surface area contributed by atoms with Crippen molar-refractivity contribution in [1.29, 1.82) is 0 Å². The zero-order chi connectivity index (χ0) is 14.1. The number of hydrogen-bond donors (Lipinski definition) is 1. The lowest BCUT2D eigenvalue weighted by Crippen LogP contribution is -2.45. The summed E-state index contributed by atoms with van der Waals surface area (Å²) in [6, 6.07) is 1.43. The van der Waals surface area contributed by atoms with Gasteiger partial charge in [-0.05, 0) is 0 Å². The van der Waals surface area contributed by atoms with Gasteiger partial charge in [0.15, 0.2) is 6.10 Å². The third-order valence-electron chi connectivity index (χ3n) is 3.05. The molecule has 1 aliphatic rings. The highest BCUT2D eigenvalue weighted by molar-refractivity contribution is 7.14. The first-order valence-electron chi connectivity index (χ1n) is 6.03. The first-order valence-corrected chi connectivity index (χ1v) is 6.90. The number of carboxylic acid groups (broad SMARTS) is 1. The quantitative estimate of drug-likeness (QED) is 0.810. The van der Waals surface area contributed by atoms with Crippen LogP contribution in [0.25, 0.3) is 4.96 Å². The van der Waals surface area contributed by atoms with E-state index in [9.17, 15) is 9.59 Å². The number of aromatic nitrogens is 3. The van der Waals surface area contributed by atoms with Gasteiger partial charge in [0.2, 0.25) is 4.96 Å². The molecule has 0 saturated carbocycles. The van der Waals surface area contributed by atoms with E-state index in [1.54, 1.807) is 5.51 Å². The van der Waals surface area contributed by atoms with Crippen molar-refractivity contribution in [3.8, 4) is 0 Å². The van der Waals surface area contributed by atoms with Gasteiger partial charge in [-0.25, -0.2) is 9.78 Å². The molecule has 1 N–H and O–H groups in total. The molecule has 106 valence electrons. The van der Waals surface area contributed by atoms with E-state index in [0.29, 0.717) is 36.9 Å². The van der Waals surface area contributed by atoms with Crippen molar-refractivity contribution in [2.24, 2.45) is 0 Å². The zero-order valence-corrected chi connectivity index (χ0v) is 11.2. The Kier molecular flexibility index (Phi) is 3.47. The fraction of sp³-hybridized carbons (Fsp3) is 0.455. The maximum Gasteiger partial charge on any atom is 0.334 e. The molecule has 20 heavy (non-hydrogen) atoms. The Bertz CT molecular complexity index is 697. The summed E-state index contributed by atoms with van der Waals surface area (Å²) >= 11 is 1.29. The molecule has 0 aromatic carbocycles. The summed E-state index contributed by atoms with van der Waals surface area (Å²) in [5, 5.41) is 12.8. The van der Waals surface area contributed by atoms with Crippen molar-refractivity contribution in [2.75, 3.05) is 19.7 Å². The molecule has 0 bridgehead atoms. The highest BCUT2D eigenvalue weighted by Gasteiger charge is 2.26. The van der Waals surface area contributed by atoms with Crippen molar-refractivity contribution < 1.29 is 14.6 Å². The SMILES string of the molecule is O=C(O)C1CN(Cc2cc(=O)n3ncsc3n2)CCO1. The van der Waals surface area contributed by atoms with Crippen molar-refractivity contribution in [1.82, 2.24) is 19.5 Å². The molecule has 1 fully saturated rings. The normalized spacial score (nSPS) is 20.3. The van der Waals surface area contributed by atoms with Crippen LogP contribution in [0.5, 0.6) is 0 Å². The average molecular weight is 296 g/mol. The molecule has 0 radical (unpaired) electrons. The summed E-state index contributed by atoms with van der Waals surface area (Å²) < 4.78 is 6.40. The van der Waals surface area contributed by atoms with Gasteiger partial charge in [0.25, 0.3) is 5.56 Å². The number of morpholine rings is 1. The summed E-state index contributed by atoms with van der Waals surface area (Å²) in [6.45, 7) is 1.70. The fourth-order valence-electron chi connectivity index (χ4n) is 2.11. The predicted octanol–water partition coefficient (Wildman–Crippen LogP) is -0.564. The second-order valence-electron chi connectivity index (χ2n) is 4.45. The first-order chi connectivity index (χ1) is 9.63. The number of fused-ring (bicyclic) bond motifs is 1. The van der Waals surface area contributed by atoms with Crippen molar-refractivity contribution in [3.05, 3.63) is 27.6 Å². The number of rotatable bonds is 3. The van der Waals surface area contributed by atoms with Gasteiger partial charge in [-0.3, -0.25) is 9.69 Å². The van der Waals surface area contributed by atoms with Crippen LogP contribution in [0.15, 0.2) is 16.4 Å². The van der Waals surface area contributed by atoms with Crippen LogP contribution in [-0.4, -0.2) is 56.4 Å². The molecule has 1 saturated heterocycles. The molecule has 1 atom stereocenters. The molecule has 2 aromatic rings. The van der Waals surface area contributed by atoms with E-state index < -0.39 is 12.1 Å². The molecule has 0 spiro atoms. The van der Waals surface area contributed by atoms with Gasteiger partial charge < -0.3 is 9.84 Å². The summed E-state index contributed by atoms with van der Waals surface area (Å²) in [5.41, 5.74) is 1.95. The third kappa shape index (κ3) is 2.55. The molecule has 2 aromatic heterocycles. The smallest absolute Gasteiger partial charge is 0.334 e. The molecule has 9 heteroatoms. The lowest BCUT2D eigenvalue weighted by Gasteiger charge is -2.30. The number of nitrogens with zero attached hydrogens (tertiary/aromatic N) is 4. The van der Waals surface area contributed by atoms with Crippen LogP contribution < -0.4 is 5.56 Å². The minimum atomic E-state index is -0.972. The molecule has 0 amide bonds. The van der Waals surface area contributed by atoms with E-state index in [-0.39, 0.29) is 5.56 Å². The molecular formula is C11H12N4O4S. The molecule has 1 unspecified atom stereocenters. The van der Waals surface area contributed by atoms with Crippen LogP contribution in [0.3, 0.4) is 0 Å². The predicted molar refractivity (Wildman–Crippen MR) is 69.8 cm³/mol. The number of carbonyl (C=O) groups is 1. The van der Waals surface area contributed by atoms with E-state index in [1.165, 1.54) is 21.9 Å². The van der Waals surface area contributed by atoms with Crippen LogP contribution >= 0.6 is 11.3 Å². The third-order valence-corrected chi connectivity index (χ3v) is 3.73. The van der Waals surface area contributed by atoms with Crippen molar-refractivity contribution >= 4 is 22.3 Å². The van der Waals surface area contributed by atoms with Crippen LogP contribution in [0.1, 0.15) is 5.69 Å². The van der Waals surface area contributed by atoms with E-state index in [4.69, 9.17) is 9.84 Å². The number of carboxylic acids is 1. The maximum absolute atomic E-state index is 11.8. The molecule has 3 rings (SSSR count). The second kappa shape index (κ2) is 5.27. The monoisotopic (exact) mass is 296 g/mol. The van der Waals surface area contributed by atoms with Gasteiger partial charge in [0.1, 0.15) is 5.51 Å². The lowest BCUT2D eigenvalue weighted by molar-refractivity contribution is -0.156. The Morgan fingerprint density at radius 1 is 1.60 bits per heavy atom. The van der Waals surface area contributed by atoms with Crippen molar-refractivity contribution in [2.45, 2.75) is 12.6 Å². The highest BCUT2D eigenvalue weighted by atomic mass is 32.1. The minimum absolute atomic E-state index is 0.228. The van der Waals surface area contributed by atoms with Gasteiger partial charge in [0, 0.05) is 25.7 Å². The first kappa shape index (κ1) is 13.2. The Balaban J connectivity index is 1.78. The van der Waals surface area contributed by atoms with Gasteiger partial charge in [-0.2, -0.15) is 9.61 Å². The number of aliphatic carboxylic acids is 1. The van der Waals surface area contributed by atoms with Crippen LogP contribution in [0.2, 0.25) is 0 Å². The summed E-state index contributed by atoms with van der Waals surface area (Å²) in [5.74, 6) is -0.972. The van der Waals surface area contributed by atoms with Gasteiger partial charge in [-0.1, -0.05) is 11.3 Å². The van der Waals surface area contributed by atoms with E-state index >= 15 is 0 Å². The summed E-state index contributed by atoms with van der Waals surface area (Å²) in [6.07, 6.45) is -0.822. The number of hydrogen-bond acceptors (Lipinski definition) is 7. The highest BCUT2D eigenvalue weighted by Crippen LogP contribution is 2.10. The largest absolute Gasteiger partial charge is 0.479 e. The fourth-order valence-corrected chi connectivity index (χ4v) is 2.75. The lowest BCUT2D eigenvalue weighted by atomic mass is 10.2. The molecule has 3 heterocycles. The second-order valence-corrected chi connectivity index (χ2v) is 5.26. The standard InChI is InChI=1S/C11H12N4O4S/c16-9-3-7(13-11-15(9)12-6-20-11)4-14-1-2-19-8(5-14)10(17)18/h3,6,8H,1-2,4-5H2,(H,17,18). The zero-order valence-electron chi connectivity index (χ0n) is 10.4. The van der Waals surface area contributed by atoms with Crippen molar-refractivity contribution in [3.63, 3.8) is 0 Å².